The molecule has 1 aromatic heterocycles. The smallest absolute Gasteiger partial charge is 0.337 e. The van der Waals surface area contributed by atoms with E-state index in [-0.39, 0.29) is 23.5 Å². The zero-order chi connectivity index (χ0) is 22.5. The molecule has 3 rings (SSSR count). The Morgan fingerprint density at radius 3 is 2.19 bits per heavy atom. The molecule has 0 aliphatic heterocycles. The van der Waals surface area contributed by atoms with Crippen molar-refractivity contribution in [2.24, 2.45) is 0 Å². The first kappa shape index (κ1) is 22.0. The molecule has 3 aromatic rings. The van der Waals surface area contributed by atoms with Gasteiger partial charge in [-0.15, -0.1) is 0 Å². The van der Waals surface area contributed by atoms with Gasteiger partial charge in [-0.3, -0.25) is 0 Å². The van der Waals surface area contributed by atoms with Crippen LogP contribution in [0.4, 0.5) is 14.6 Å². The number of aromatic carboxylic acids is 1. The van der Waals surface area contributed by atoms with Gasteiger partial charge in [-0.2, -0.15) is 0 Å². The summed E-state index contributed by atoms with van der Waals surface area (Å²) in [5, 5.41) is 12.2. The molecule has 0 bridgehead atoms. The number of ether oxygens (including phenoxy) is 2. The minimum Gasteiger partial charge on any atom is -0.491 e. The molecule has 0 radical (unpaired) electrons. The second-order valence-electron chi connectivity index (χ2n) is 7.21. The topological polar surface area (TPSA) is 80.7 Å². The van der Waals surface area contributed by atoms with Crippen LogP contribution in [0.3, 0.4) is 0 Å². The van der Waals surface area contributed by atoms with Crippen LogP contribution in [0.2, 0.25) is 0 Å². The minimum atomic E-state index is -1.05. The molecule has 1 heterocycles. The van der Waals surface area contributed by atoms with E-state index in [4.69, 9.17) is 14.6 Å². The van der Waals surface area contributed by atoms with Gasteiger partial charge >= 0.3 is 5.97 Å². The van der Waals surface area contributed by atoms with E-state index < -0.39 is 17.6 Å². The fourth-order valence-electron chi connectivity index (χ4n) is 2.88. The van der Waals surface area contributed by atoms with Gasteiger partial charge in [0.15, 0.2) is 0 Å². The van der Waals surface area contributed by atoms with Crippen LogP contribution in [-0.2, 0) is 0 Å². The summed E-state index contributed by atoms with van der Waals surface area (Å²) in [5.41, 5.74) is 0.859. The van der Waals surface area contributed by atoms with Crippen LogP contribution in [0.5, 0.6) is 17.2 Å². The Morgan fingerprint density at radius 1 is 0.968 bits per heavy atom. The molecule has 0 saturated carbocycles. The van der Waals surface area contributed by atoms with Gasteiger partial charge in [0.05, 0.1) is 17.7 Å². The summed E-state index contributed by atoms with van der Waals surface area (Å²) in [4.78, 5) is 15.1. The number of hydrogen-bond donors (Lipinski definition) is 2. The predicted octanol–water partition coefficient (Wildman–Crippen LogP) is 5.81. The maximum atomic E-state index is 13.5. The highest BCUT2D eigenvalue weighted by atomic mass is 19.1. The number of rotatable bonds is 8. The second kappa shape index (κ2) is 9.42. The van der Waals surface area contributed by atoms with Gasteiger partial charge < -0.3 is 19.9 Å². The molecule has 0 aliphatic rings. The highest BCUT2D eigenvalue weighted by Crippen LogP contribution is 2.32. The molecule has 1 unspecified atom stereocenters. The normalized spacial score (nSPS) is 11.8. The number of pyridine rings is 1. The van der Waals surface area contributed by atoms with Crippen molar-refractivity contribution in [3.63, 3.8) is 0 Å². The van der Waals surface area contributed by atoms with Crippen molar-refractivity contribution < 1.29 is 28.2 Å². The lowest BCUT2D eigenvalue weighted by molar-refractivity contribution is 0.0696. The highest BCUT2D eigenvalue weighted by molar-refractivity contribution is 5.87. The first-order valence-corrected chi connectivity index (χ1v) is 9.61. The molecule has 0 saturated heterocycles. The molecule has 2 aromatic carbocycles. The van der Waals surface area contributed by atoms with Crippen molar-refractivity contribution in [1.29, 1.82) is 0 Å². The molecule has 0 amide bonds. The van der Waals surface area contributed by atoms with Gasteiger partial charge in [-0.1, -0.05) is 0 Å². The number of nitrogens with one attached hydrogen (secondary N) is 1. The van der Waals surface area contributed by atoms with E-state index in [0.717, 1.165) is 23.8 Å². The Labute approximate surface area is 178 Å². The average Bonchev–Trinajstić information content (AvgIpc) is 2.66. The number of carboxylic acids is 1. The van der Waals surface area contributed by atoms with Crippen LogP contribution in [0.15, 0.2) is 54.7 Å². The lowest BCUT2D eigenvalue weighted by atomic mass is 10.1. The monoisotopic (exact) mass is 428 g/mol. The number of carboxylic acid groups (broad SMARTS) is 1. The van der Waals surface area contributed by atoms with Crippen molar-refractivity contribution in [2.75, 3.05) is 5.32 Å². The fraction of sp³-hybridized carbons (Fsp3) is 0.217. The summed E-state index contributed by atoms with van der Waals surface area (Å²) in [5.74, 6) is -1.14. The van der Waals surface area contributed by atoms with Crippen LogP contribution in [0.25, 0.3) is 0 Å². The Bertz CT molecular complexity index is 1050. The zero-order valence-electron chi connectivity index (χ0n) is 17.2. The number of hydrogen-bond acceptors (Lipinski definition) is 5. The molecular formula is C23H22F2N2O4. The zero-order valence-corrected chi connectivity index (χ0v) is 17.2. The molecule has 0 aliphatic carbocycles. The third-order valence-corrected chi connectivity index (χ3v) is 4.22. The summed E-state index contributed by atoms with van der Waals surface area (Å²) in [7, 11) is 0. The summed E-state index contributed by atoms with van der Waals surface area (Å²) < 4.78 is 38.5. The van der Waals surface area contributed by atoms with Gasteiger partial charge in [0.25, 0.3) is 0 Å². The standard InChI is InChI=1S/C23H22F2N2O4/c1-13(2)30-19-6-16(14(3)27-22-5-4-15(12-26-22)23(28)29)7-20(11-19)31-21-9-17(24)8-18(25)10-21/h4-14H,1-3H3,(H,26,27)(H,28,29). The molecule has 1 atom stereocenters. The van der Waals surface area contributed by atoms with Crippen LogP contribution in [-0.4, -0.2) is 22.2 Å². The molecule has 0 spiro atoms. The van der Waals surface area contributed by atoms with Crippen LogP contribution in [0, 0.1) is 11.6 Å². The van der Waals surface area contributed by atoms with Crippen LogP contribution in [0.1, 0.15) is 42.7 Å². The van der Waals surface area contributed by atoms with Crippen LogP contribution >= 0.6 is 0 Å². The van der Waals surface area contributed by atoms with E-state index in [1.54, 1.807) is 18.2 Å². The fourth-order valence-corrected chi connectivity index (χ4v) is 2.88. The third kappa shape index (κ3) is 6.15. The molecule has 162 valence electrons. The average molecular weight is 428 g/mol. The van der Waals surface area contributed by atoms with Crippen molar-refractivity contribution in [2.45, 2.75) is 32.9 Å². The number of nitrogens with zero attached hydrogens (tertiary/aromatic N) is 1. The lowest BCUT2D eigenvalue weighted by Crippen LogP contribution is -2.10. The van der Waals surface area contributed by atoms with E-state index in [0.29, 0.717) is 17.3 Å². The number of anilines is 1. The van der Waals surface area contributed by atoms with Crippen molar-refractivity contribution in [3.05, 3.63) is 77.5 Å². The Balaban J connectivity index is 1.86. The summed E-state index contributed by atoms with van der Waals surface area (Å²) in [6.45, 7) is 5.64. The lowest BCUT2D eigenvalue weighted by Gasteiger charge is -2.19. The van der Waals surface area contributed by atoms with Gasteiger partial charge in [-0.05, 0) is 50.6 Å². The molecule has 0 fully saturated rings. The maximum Gasteiger partial charge on any atom is 0.337 e. The van der Waals surface area contributed by atoms with E-state index >= 15 is 0 Å². The largest absolute Gasteiger partial charge is 0.491 e. The molecule has 2 N–H and O–H groups in total. The van der Waals surface area contributed by atoms with E-state index in [1.165, 1.54) is 12.3 Å². The number of carbonyl (C=O) groups is 1. The summed E-state index contributed by atoms with van der Waals surface area (Å²) >= 11 is 0. The van der Waals surface area contributed by atoms with Gasteiger partial charge in [0.2, 0.25) is 0 Å². The molecular weight excluding hydrogens is 406 g/mol. The number of benzene rings is 2. The van der Waals surface area contributed by atoms with Gasteiger partial charge in [-0.25, -0.2) is 18.6 Å². The molecule has 6 nitrogen and oxygen atoms in total. The predicted molar refractivity (Wildman–Crippen MR) is 112 cm³/mol. The van der Waals surface area contributed by atoms with Gasteiger partial charge in [0, 0.05) is 30.5 Å². The molecule has 8 heteroatoms. The van der Waals surface area contributed by atoms with E-state index in [2.05, 4.69) is 10.3 Å². The first-order valence-electron chi connectivity index (χ1n) is 9.61. The van der Waals surface area contributed by atoms with E-state index in [1.807, 2.05) is 26.8 Å². The Hall–Kier alpha value is -3.68. The maximum absolute atomic E-state index is 13.5. The van der Waals surface area contributed by atoms with Crippen LogP contribution < -0.4 is 14.8 Å². The van der Waals surface area contributed by atoms with E-state index in [9.17, 15) is 13.6 Å². The van der Waals surface area contributed by atoms with Crippen molar-refractivity contribution in [1.82, 2.24) is 4.98 Å². The Morgan fingerprint density at radius 2 is 1.61 bits per heavy atom. The third-order valence-electron chi connectivity index (χ3n) is 4.22. The molecule has 31 heavy (non-hydrogen) atoms. The van der Waals surface area contributed by atoms with Crippen molar-refractivity contribution >= 4 is 11.8 Å². The minimum absolute atomic E-state index is 0.0247. The second-order valence-corrected chi connectivity index (χ2v) is 7.21. The first-order chi connectivity index (χ1) is 14.7. The highest BCUT2D eigenvalue weighted by Gasteiger charge is 2.13. The summed E-state index contributed by atoms with van der Waals surface area (Å²) in [6, 6.07) is 10.9. The van der Waals surface area contributed by atoms with Crippen molar-refractivity contribution in [3.8, 4) is 17.2 Å². The quantitative estimate of drug-likeness (QED) is 0.471. The number of aromatic nitrogens is 1. The Kier molecular flexibility index (Phi) is 6.69. The summed E-state index contributed by atoms with van der Waals surface area (Å²) in [6.07, 6.45) is 1.17. The SMILES string of the molecule is CC(C)Oc1cc(Oc2cc(F)cc(F)c2)cc(C(C)Nc2ccc(C(=O)O)cn2)c1. The van der Waals surface area contributed by atoms with Gasteiger partial charge in [0.1, 0.15) is 34.7 Å². The number of halogens is 2.